The van der Waals surface area contributed by atoms with Crippen LogP contribution in [0.5, 0.6) is 0 Å². The molecular formula is C13H31NSi. The van der Waals surface area contributed by atoms with E-state index in [2.05, 4.69) is 53.4 Å². The second kappa shape index (κ2) is 6.05. The van der Waals surface area contributed by atoms with E-state index in [1.54, 1.807) is 0 Å². The summed E-state index contributed by atoms with van der Waals surface area (Å²) in [6.07, 6.45) is 0. The van der Waals surface area contributed by atoms with Crippen molar-refractivity contribution in [2.75, 3.05) is 13.1 Å². The van der Waals surface area contributed by atoms with Gasteiger partial charge in [0.1, 0.15) is 0 Å². The minimum absolute atomic E-state index is 0.548. The Kier molecular flexibility index (Phi) is 6.12. The first-order valence-electron chi connectivity index (χ1n) is 6.56. The van der Waals surface area contributed by atoms with Gasteiger partial charge in [-0.05, 0) is 36.9 Å². The fraction of sp³-hybridized carbons (Fsp3) is 1.00. The van der Waals surface area contributed by atoms with E-state index in [1.807, 2.05) is 0 Å². The summed E-state index contributed by atoms with van der Waals surface area (Å²) in [4.78, 5) is 2.62. The van der Waals surface area contributed by atoms with Crippen LogP contribution in [0.4, 0.5) is 0 Å². The molecule has 0 N–H and O–H groups in total. The highest BCUT2D eigenvalue weighted by Gasteiger charge is 2.39. The maximum Gasteiger partial charge on any atom is 0.0133 e. The molecule has 0 spiro atoms. The third kappa shape index (κ3) is 3.07. The van der Waals surface area contributed by atoms with Crippen LogP contribution in [0, 0.1) is 11.8 Å². The van der Waals surface area contributed by atoms with Gasteiger partial charge in [-0.25, -0.2) is 0 Å². The van der Waals surface area contributed by atoms with Gasteiger partial charge in [0.25, 0.3) is 0 Å². The molecule has 1 unspecified atom stereocenters. The number of hydrogen-bond donors (Lipinski definition) is 0. The molecule has 0 aromatic heterocycles. The highest BCUT2D eigenvalue weighted by atomic mass is 28.1. The van der Waals surface area contributed by atoms with E-state index in [0.29, 0.717) is 5.04 Å². The Labute approximate surface area is 100 Å². The van der Waals surface area contributed by atoms with Crippen LogP contribution in [0.3, 0.4) is 0 Å². The monoisotopic (exact) mass is 229 g/mol. The molecule has 0 saturated carbocycles. The fourth-order valence-corrected chi connectivity index (χ4v) is 3.16. The molecule has 0 aliphatic carbocycles. The second-order valence-electron chi connectivity index (χ2n) is 5.57. The Hall–Kier alpha value is 0.177. The van der Waals surface area contributed by atoms with Crippen LogP contribution in [0.1, 0.15) is 48.5 Å². The molecule has 0 aromatic rings. The van der Waals surface area contributed by atoms with Crippen molar-refractivity contribution in [3.63, 3.8) is 0 Å². The molecule has 0 heterocycles. The Bertz CT molecular complexity index is 165. The average Bonchev–Trinajstić information content (AvgIpc) is 2.17. The SMILES string of the molecule is CCN(CC)C(C)C([SiH3])(C(C)C)C(C)C. The molecule has 0 aromatic carbocycles. The van der Waals surface area contributed by atoms with Gasteiger partial charge in [-0.15, -0.1) is 0 Å². The first kappa shape index (κ1) is 15.2. The van der Waals surface area contributed by atoms with E-state index in [1.165, 1.54) is 23.3 Å². The quantitative estimate of drug-likeness (QED) is 0.633. The summed E-state index contributed by atoms with van der Waals surface area (Å²) in [7, 11) is 1.29. The van der Waals surface area contributed by atoms with E-state index >= 15 is 0 Å². The molecule has 0 bridgehead atoms. The molecule has 92 valence electrons. The maximum absolute atomic E-state index is 2.62. The zero-order valence-corrected chi connectivity index (χ0v) is 14.1. The maximum atomic E-state index is 2.62. The van der Waals surface area contributed by atoms with Crippen LogP contribution in [0.25, 0.3) is 0 Å². The van der Waals surface area contributed by atoms with Gasteiger partial charge in [0.05, 0.1) is 0 Å². The van der Waals surface area contributed by atoms with Crippen LogP contribution in [0.2, 0.25) is 5.04 Å². The molecule has 0 saturated heterocycles. The van der Waals surface area contributed by atoms with Crippen molar-refractivity contribution in [3.05, 3.63) is 0 Å². The highest BCUT2D eigenvalue weighted by molar-refractivity contribution is 6.16. The Morgan fingerprint density at radius 2 is 1.27 bits per heavy atom. The summed E-state index contributed by atoms with van der Waals surface area (Å²) >= 11 is 0. The predicted molar refractivity (Wildman–Crippen MR) is 74.7 cm³/mol. The van der Waals surface area contributed by atoms with Crippen molar-refractivity contribution in [3.8, 4) is 0 Å². The van der Waals surface area contributed by atoms with Crippen LogP contribution in [-0.4, -0.2) is 34.3 Å². The van der Waals surface area contributed by atoms with Crippen molar-refractivity contribution in [1.82, 2.24) is 4.90 Å². The zero-order chi connectivity index (χ0) is 12.2. The second-order valence-corrected chi connectivity index (χ2v) is 7.30. The van der Waals surface area contributed by atoms with Crippen LogP contribution >= 0.6 is 0 Å². The molecule has 1 nitrogen and oxygen atoms in total. The first-order chi connectivity index (χ1) is 6.82. The molecule has 0 fully saturated rings. The molecule has 0 amide bonds. The van der Waals surface area contributed by atoms with E-state index in [4.69, 9.17) is 0 Å². The van der Waals surface area contributed by atoms with Gasteiger partial charge >= 0.3 is 0 Å². The van der Waals surface area contributed by atoms with E-state index in [9.17, 15) is 0 Å². The van der Waals surface area contributed by atoms with Crippen molar-refractivity contribution in [2.24, 2.45) is 11.8 Å². The van der Waals surface area contributed by atoms with E-state index in [0.717, 1.165) is 17.9 Å². The van der Waals surface area contributed by atoms with Gasteiger partial charge in [0.2, 0.25) is 0 Å². The summed E-state index contributed by atoms with van der Waals surface area (Å²) in [5, 5.41) is 0.548. The minimum atomic E-state index is 0.548. The number of hydrogen-bond acceptors (Lipinski definition) is 1. The molecule has 0 rings (SSSR count). The van der Waals surface area contributed by atoms with Crippen LogP contribution in [0.15, 0.2) is 0 Å². The zero-order valence-electron chi connectivity index (χ0n) is 12.1. The van der Waals surface area contributed by atoms with E-state index < -0.39 is 0 Å². The van der Waals surface area contributed by atoms with Crippen molar-refractivity contribution in [2.45, 2.75) is 59.5 Å². The number of rotatable bonds is 6. The predicted octanol–water partition coefficient (Wildman–Crippen LogP) is 2.55. The third-order valence-corrected chi connectivity index (χ3v) is 7.89. The van der Waals surface area contributed by atoms with Gasteiger partial charge in [-0.1, -0.05) is 41.5 Å². The Morgan fingerprint density at radius 1 is 0.933 bits per heavy atom. The summed E-state index contributed by atoms with van der Waals surface area (Å²) in [5.74, 6) is 1.58. The lowest BCUT2D eigenvalue weighted by Gasteiger charge is -2.47. The van der Waals surface area contributed by atoms with Crippen LogP contribution in [-0.2, 0) is 0 Å². The average molecular weight is 229 g/mol. The summed E-state index contributed by atoms with van der Waals surface area (Å²) in [6, 6.07) is 0.721. The smallest absolute Gasteiger partial charge is 0.0133 e. The van der Waals surface area contributed by atoms with Crippen LogP contribution < -0.4 is 0 Å². The van der Waals surface area contributed by atoms with Gasteiger partial charge in [-0.3, -0.25) is 0 Å². The van der Waals surface area contributed by atoms with E-state index in [-0.39, 0.29) is 0 Å². The minimum Gasteiger partial charge on any atom is -0.301 e. The lowest BCUT2D eigenvalue weighted by Crippen LogP contribution is -2.47. The van der Waals surface area contributed by atoms with Crippen molar-refractivity contribution in [1.29, 1.82) is 0 Å². The summed E-state index contributed by atoms with van der Waals surface area (Å²) < 4.78 is 0. The van der Waals surface area contributed by atoms with Gasteiger partial charge in [-0.2, -0.15) is 0 Å². The molecule has 0 aliphatic rings. The summed E-state index contributed by atoms with van der Waals surface area (Å²) in [6.45, 7) is 18.9. The summed E-state index contributed by atoms with van der Waals surface area (Å²) in [5.41, 5.74) is 0. The lowest BCUT2D eigenvalue weighted by molar-refractivity contribution is 0.122. The molecule has 0 aliphatic heterocycles. The number of nitrogens with zero attached hydrogens (tertiary/aromatic N) is 1. The normalized spacial score (nSPS) is 15.6. The first-order valence-corrected chi connectivity index (χ1v) is 7.56. The fourth-order valence-electron chi connectivity index (χ4n) is 2.80. The largest absolute Gasteiger partial charge is 0.301 e. The van der Waals surface area contributed by atoms with Crippen molar-refractivity contribution < 1.29 is 0 Å². The molecule has 1 atom stereocenters. The molecule has 2 heteroatoms. The molecule has 15 heavy (non-hydrogen) atoms. The topological polar surface area (TPSA) is 3.24 Å². The van der Waals surface area contributed by atoms with Crippen molar-refractivity contribution >= 4 is 10.2 Å². The standard InChI is InChI=1S/C13H31NSi/c1-8-14(9-2)12(7)13(15,10(3)4)11(5)6/h10-12H,8-9H2,1-7,15H3. The highest BCUT2D eigenvalue weighted by Crippen LogP contribution is 2.45. The Morgan fingerprint density at radius 3 is 1.47 bits per heavy atom. The van der Waals surface area contributed by atoms with Gasteiger partial charge in [0.15, 0.2) is 0 Å². The van der Waals surface area contributed by atoms with Gasteiger partial charge < -0.3 is 4.90 Å². The molecule has 0 radical (unpaired) electrons. The Balaban J connectivity index is 4.92. The lowest BCUT2D eigenvalue weighted by atomic mass is 9.78. The third-order valence-electron chi connectivity index (χ3n) is 4.75. The van der Waals surface area contributed by atoms with Gasteiger partial charge in [0, 0.05) is 16.3 Å². The molecular weight excluding hydrogens is 198 g/mol.